The lowest BCUT2D eigenvalue weighted by molar-refractivity contribution is -0.385. The number of nitro benzene ring substituents is 1. The first-order valence-corrected chi connectivity index (χ1v) is 6.59. The fourth-order valence-electron chi connectivity index (χ4n) is 2.10. The van der Waals surface area contributed by atoms with Crippen LogP contribution in [0.25, 0.3) is 0 Å². The summed E-state index contributed by atoms with van der Waals surface area (Å²) in [6.07, 6.45) is -2.37. The molecule has 0 spiro atoms. The van der Waals surface area contributed by atoms with Crippen LogP contribution in [0.1, 0.15) is 18.4 Å². The minimum Gasteiger partial charge on any atom is -0.383 e. The predicted molar refractivity (Wildman–Crippen MR) is 72.2 cm³/mol. The molecule has 2 rings (SSSR count). The zero-order valence-electron chi connectivity index (χ0n) is 11.5. The molecule has 1 N–H and O–H groups in total. The number of nitrogens with one attached hydrogen (secondary N) is 1. The lowest BCUT2D eigenvalue weighted by Gasteiger charge is -2.18. The van der Waals surface area contributed by atoms with Crippen LogP contribution in [0.4, 0.5) is 24.5 Å². The van der Waals surface area contributed by atoms with Gasteiger partial charge in [-0.25, -0.2) is 0 Å². The number of halogens is 3. The van der Waals surface area contributed by atoms with Crippen molar-refractivity contribution in [3.05, 3.63) is 33.9 Å². The average Bonchev–Trinajstić information content (AvgIpc) is 3.21. The topological polar surface area (TPSA) is 58.4 Å². The maximum atomic E-state index is 12.9. The average molecular weight is 303 g/mol. The largest absolute Gasteiger partial charge is 0.418 e. The van der Waals surface area contributed by atoms with E-state index < -0.39 is 22.4 Å². The van der Waals surface area contributed by atoms with E-state index in [-0.39, 0.29) is 5.69 Å². The van der Waals surface area contributed by atoms with E-state index in [0.717, 1.165) is 25.0 Å². The summed E-state index contributed by atoms with van der Waals surface area (Å²) in [5, 5.41) is 13.3. The number of rotatable bonds is 6. The normalized spacial score (nSPS) is 15.3. The van der Waals surface area contributed by atoms with Crippen LogP contribution < -0.4 is 5.32 Å². The number of benzene rings is 1. The van der Waals surface area contributed by atoms with Crippen molar-refractivity contribution in [3.63, 3.8) is 0 Å². The molecule has 0 heterocycles. The van der Waals surface area contributed by atoms with Gasteiger partial charge in [-0.3, -0.25) is 10.1 Å². The maximum Gasteiger partial charge on any atom is 0.418 e. The summed E-state index contributed by atoms with van der Waals surface area (Å²) in [5.41, 5.74) is -1.70. The van der Waals surface area contributed by atoms with E-state index in [1.54, 1.807) is 0 Å². The summed E-state index contributed by atoms with van der Waals surface area (Å²) in [7, 11) is 1.93. The molecular formula is C13H16F3N3O2. The van der Waals surface area contributed by atoms with Gasteiger partial charge in [0.2, 0.25) is 0 Å². The van der Waals surface area contributed by atoms with E-state index in [0.29, 0.717) is 25.2 Å². The van der Waals surface area contributed by atoms with Gasteiger partial charge in [-0.05, 0) is 26.0 Å². The Balaban J connectivity index is 2.08. The Labute approximate surface area is 119 Å². The maximum absolute atomic E-state index is 12.9. The highest BCUT2D eigenvalue weighted by Crippen LogP contribution is 2.37. The summed E-state index contributed by atoms with van der Waals surface area (Å²) in [5.74, 6) is 0. The molecule has 0 aromatic heterocycles. The summed E-state index contributed by atoms with van der Waals surface area (Å²) in [6.45, 7) is 0.979. The highest BCUT2D eigenvalue weighted by molar-refractivity contribution is 5.57. The second-order valence-electron chi connectivity index (χ2n) is 5.12. The SMILES string of the molecule is CN(CCNc1ccc([N+](=O)[O-])cc1C(F)(F)F)C1CC1. The number of nitrogens with zero attached hydrogens (tertiary/aromatic N) is 2. The van der Waals surface area contributed by atoms with Crippen molar-refractivity contribution in [1.29, 1.82) is 0 Å². The van der Waals surface area contributed by atoms with Crippen LogP contribution in [-0.4, -0.2) is 36.0 Å². The van der Waals surface area contributed by atoms with E-state index >= 15 is 0 Å². The molecule has 116 valence electrons. The molecule has 0 aliphatic heterocycles. The Morgan fingerprint density at radius 2 is 2.10 bits per heavy atom. The molecule has 1 aliphatic carbocycles. The number of anilines is 1. The molecule has 1 aromatic rings. The number of hydrogen-bond acceptors (Lipinski definition) is 4. The van der Waals surface area contributed by atoms with Gasteiger partial charge in [0.1, 0.15) is 0 Å². The first-order valence-electron chi connectivity index (χ1n) is 6.59. The van der Waals surface area contributed by atoms with E-state index in [9.17, 15) is 23.3 Å². The Kier molecular flexibility index (Phi) is 4.36. The van der Waals surface area contributed by atoms with Crippen molar-refractivity contribution in [3.8, 4) is 0 Å². The van der Waals surface area contributed by atoms with Crippen molar-refractivity contribution < 1.29 is 18.1 Å². The molecule has 0 amide bonds. The highest BCUT2D eigenvalue weighted by atomic mass is 19.4. The van der Waals surface area contributed by atoms with Crippen LogP contribution in [0.5, 0.6) is 0 Å². The zero-order chi connectivity index (χ0) is 15.6. The van der Waals surface area contributed by atoms with Crippen LogP contribution in [0.2, 0.25) is 0 Å². The molecule has 0 unspecified atom stereocenters. The highest BCUT2D eigenvalue weighted by Gasteiger charge is 2.35. The van der Waals surface area contributed by atoms with Gasteiger partial charge < -0.3 is 10.2 Å². The molecular weight excluding hydrogens is 287 g/mol. The van der Waals surface area contributed by atoms with Gasteiger partial charge in [-0.2, -0.15) is 13.2 Å². The Bertz CT molecular complexity index is 530. The Morgan fingerprint density at radius 1 is 1.43 bits per heavy atom. The fourth-order valence-corrected chi connectivity index (χ4v) is 2.10. The van der Waals surface area contributed by atoms with Gasteiger partial charge in [0.25, 0.3) is 5.69 Å². The van der Waals surface area contributed by atoms with E-state index in [4.69, 9.17) is 0 Å². The molecule has 0 saturated heterocycles. The molecule has 0 radical (unpaired) electrons. The van der Waals surface area contributed by atoms with Crippen molar-refractivity contribution in [2.75, 3.05) is 25.5 Å². The van der Waals surface area contributed by atoms with E-state index in [2.05, 4.69) is 10.2 Å². The second kappa shape index (κ2) is 5.88. The standard InChI is InChI=1S/C13H16F3N3O2/c1-18(9-2-3-9)7-6-17-12-5-4-10(19(20)21)8-11(12)13(14,15)16/h4-5,8-9,17H,2-3,6-7H2,1H3. The number of alkyl halides is 3. The van der Waals surface area contributed by atoms with Gasteiger partial charge in [0.05, 0.1) is 10.5 Å². The Hall–Kier alpha value is -1.83. The first kappa shape index (κ1) is 15.6. The van der Waals surface area contributed by atoms with Gasteiger partial charge in [-0.1, -0.05) is 0 Å². The van der Waals surface area contributed by atoms with Crippen molar-refractivity contribution in [1.82, 2.24) is 4.90 Å². The minimum absolute atomic E-state index is 0.128. The molecule has 21 heavy (non-hydrogen) atoms. The predicted octanol–water partition coefficient (Wildman–Crippen LogP) is 3.12. The zero-order valence-corrected chi connectivity index (χ0v) is 11.5. The van der Waals surface area contributed by atoms with Crippen LogP contribution in [-0.2, 0) is 6.18 Å². The molecule has 8 heteroatoms. The summed E-state index contributed by atoms with van der Waals surface area (Å²) >= 11 is 0. The van der Waals surface area contributed by atoms with Crippen LogP contribution in [0.15, 0.2) is 18.2 Å². The molecule has 1 aromatic carbocycles. The molecule has 0 bridgehead atoms. The number of hydrogen-bond donors (Lipinski definition) is 1. The second-order valence-corrected chi connectivity index (χ2v) is 5.12. The van der Waals surface area contributed by atoms with E-state index in [1.807, 2.05) is 7.05 Å². The van der Waals surface area contributed by atoms with Crippen molar-refractivity contribution >= 4 is 11.4 Å². The van der Waals surface area contributed by atoms with Crippen LogP contribution in [0, 0.1) is 10.1 Å². The third-order valence-electron chi connectivity index (χ3n) is 3.47. The third kappa shape index (κ3) is 4.07. The van der Waals surface area contributed by atoms with Gasteiger partial charge in [0, 0.05) is 37.0 Å². The lowest BCUT2D eigenvalue weighted by atomic mass is 10.1. The minimum atomic E-state index is -4.63. The molecule has 5 nitrogen and oxygen atoms in total. The molecule has 0 atom stereocenters. The van der Waals surface area contributed by atoms with Gasteiger partial charge in [-0.15, -0.1) is 0 Å². The van der Waals surface area contributed by atoms with Crippen molar-refractivity contribution in [2.24, 2.45) is 0 Å². The van der Waals surface area contributed by atoms with Crippen LogP contribution >= 0.6 is 0 Å². The summed E-state index contributed by atoms with van der Waals surface area (Å²) < 4.78 is 38.8. The van der Waals surface area contributed by atoms with Crippen molar-refractivity contribution in [2.45, 2.75) is 25.1 Å². The number of nitro groups is 1. The summed E-state index contributed by atoms with van der Waals surface area (Å²) in [4.78, 5) is 11.8. The fraction of sp³-hybridized carbons (Fsp3) is 0.538. The number of likely N-dealkylation sites (N-methyl/N-ethyl adjacent to an activating group) is 1. The van der Waals surface area contributed by atoms with Crippen LogP contribution in [0.3, 0.4) is 0 Å². The smallest absolute Gasteiger partial charge is 0.383 e. The first-order chi connectivity index (χ1) is 9.79. The quantitative estimate of drug-likeness (QED) is 0.648. The number of non-ortho nitro benzene ring substituents is 1. The molecule has 1 aliphatic rings. The van der Waals surface area contributed by atoms with E-state index in [1.165, 1.54) is 0 Å². The lowest BCUT2D eigenvalue weighted by Crippen LogP contribution is -2.27. The Morgan fingerprint density at radius 3 is 2.62 bits per heavy atom. The monoisotopic (exact) mass is 303 g/mol. The summed E-state index contributed by atoms with van der Waals surface area (Å²) in [6, 6.07) is 3.28. The third-order valence-corrected chi connectivity index (χ3v) is 3.47. The van der Waals surface area contributed by atoms with Gasteiger partial charge in [0.15, 0.2) is 0 Å². The van der Waals surface area contributed by atoms with Gasteiger partial charge >= 0.3 is 6.18 Å². The molecule has 1 fully saturated rings. The molecule has 1 saturated carbocycles.